The van der Waals surface area contributed by atoms with Crippen molar-refractivity contribution in [3.8, 4) is 0 Å². The maximum atomic E-state index is 11.4. The quantitative estimate of drug-likeness (QED) is 0.202. The molecule has 0 spiro atoms. The van der Waals surface area contributed by atoms with E-state index in [0.717, 1.165) is 11.3 Å². The number of nitrogens with zero attached hydrogens (tertiary/aromatic N) is 3. The van der Waals surface area contributed by atoms with Crippen LogP contribution in [0, 0.1) is 0 Å². The highest BCUT2D eigenvalue weighted by Gasteiger charge is 2.20. The number of carboxylic acid groups (broad SMARTS) is 3. The van der Waals surface area contributed by atoms with E-state index in [9.17, 15) is 24.6 Å². The first kappa shape index (κ1) is 28.2. The van der Waals surface area contributed by atoms with E-state index in [0.29, 0.717) is 32.6 Å². The lowest BCUT2D eigenvalue weighted by atomic mass is 10.1. The molecule has 0 bridgehead atoms. The Kier molecular flexibility index (Phi) is 12.3. The molecule has 1 atom stereocenters. The number of thiocarbonyl (C=S) groups is 1. The Morgan fingerprint density at radius 2 is 1.48 bits per heavy atom. The van der Waals surface area contributed by atoms with Gasteiger partial charge in [-0.25, -0.2) is 0 Å². The second-order valence-corrected chi connectivity index (χ2v) is 8.34. The third kappa shape index (κ3) is 12.7. The molecule has 11 nitrogen and oxygen atoms in total. The molecular weight excluding hydrogens is 450 g/mol. The van der Waals surface area contributed by atoms with Crippen molar-refractivity contribution < 1.29 is 29.7 Å². The molecule has 1 aromatic rings. The van der Waals surface area contributed by atoms with E-state index < -0.39 is 17.9 Å². The summed E-state index contributed by atoms with van der Waals surface area (Å²) in [5.41, 5.74) is 7.23. The van der Waals surface area contributed by atoms with Crippen LogP contribution < -0.4 is 11.1 Å². The van der Waals surface area contributed by atoms with Gasteiger partial charge in [0.05, 0.1) is 19.6 Å². The van der Waals surface area contributed by atoms with Gasteiger partial charge >= 0.3 is 17.9 Å². The molecule has 0 aliphatic rings. The monoisotopic (exact) mass is 483 g/mol. The van der Waals surface area contributed by atoms with Gasteiger partial charge in [-0.1, -0.05) is 12.1 Å². The molecule has 0 aromatic heterocycles. The Labute approximate surface area is 198 Å². The number of benzene rings is 1. The molecule has 1 aromatic carbocycles. The number of carbonyl (C=O) groups is 3. The van der Waals surface area contributed by atoms with E-state index in [1.165, 1.54) is 0 Å². The number of hydrogen-bond donors (Lipinski definition) is 5. The largest absolute Gasteiger partial charge is 0.480 e. The standard InChI is InChI=1S/C21H33N5O6S/c1-15(11-16-3-5-17(6-4-16)23-21(22)33)26(14-20(31)32)10-9-25(13-19(29)30)8-7-24(2)12-18(27)28/h3-6,15H,7-14H2,1-2H3,(H,27,28)(H,29,30)(H,31,32)(H3,22,23,33). The van der Waals surface area contributed by atoms with Crippen molar-refractivity contribution in [1.82, 2.24) is 14.7 Å². The summed E-state index contributed by atoms with van der Waals surface area (Å²) in [5, 5.41) is 30.4. The van der Waals surface area contributed by atoms with Crippen molar-refractivity contribution in [2.45, 2.75) is 19.4 Å². The van der Waals surface area contributed by atoms with Gasteiger partial charge in [0.2, 0.25) is 0 Å². The summed E-state index contributed by atoms with van der Waals surface area (Å²) in [4.78, 5) is 38.5. The highest BCUT2D eigenvalue weighted by Crippen LogP contribution is 2.13. The average molecular weight is 484 g/mol. The van der Waals surface area contributed by atoms with Gasteiger partial charge in [-0.15, -0.1) is 0 Å². The van der Waals surface area contributed by atoms with Gasteiger partial charge in [0, 0.05) is 37.9 Å². The highest BCUT2D eigenvalue weighted by molar-refractivity contribution is 7.80. The Balaban J connectivity index is 2.75. The van der Waals surface area contributed by atoms with Crippen molar-refractivity contribution in [2.24, 2.45) is 5.73 Å². The fourth-order valence-corrected chi connectivity index (χ4v) is 3.44. The zero-order valence-corrected chi connectivity index (χ0v) is 19.8. The van der Waals surface area contributed by atoms with Crippen LogP contribution in [0.1, 0.15) is 12.5 Å². The van der Waals surface area contributed by atoms with Gasteiger partial charge < -0.3 is 26.4 Å². The first-order valence-electron chi connectivity index (χ1n) is 10.4. The normalized spacial score (nSPS) is 12.2. The van der Waals surface area contributed by atoms with Crippen LogP contribution in [-0.4, -0.2) is 112 Å². The SMILES string of the molecule is CC(Cc1ccc(NC(N)=S)cc1)N(CCN(CCN(C)CC(=O)O)CC(=O)O)CC(=O)O. The van der Waals surface area contributed by atoms with Crippen LogP contribution in [0.2, 0.25) is 0 Å². The number of hydrogen-bond acceptors (Lipinski definition) is 7. The number of anilines is 1. The van der Waals surface area contributed by atoms with Crippen molar-refractivity contribution in [3.63, 3.8) is 0 Å². The lowest BCUT2D eigenvalue weighted by molar-refractivity contribution is -0.140. The summed E-state index contributed by atoms with van der Waals surface area (Å²) in [5.74, 6) is -2.93. The summed E-state index contributed by atoms with van der Waals surface area (Å²) >= 11 is 4.82. The van der Waals surface area contributed by atoms with Crippen molar-refractivity contribution in [1.29, 1.82) is 0 Å². The molecule has 0 saturated heterocycles. The molecule has 0 fully saturated rings. The number of aliphatic carboxylic acids is 3. The van der Waals surface area contributed by atoms with Crippen molar-refractivity contribution >= 4 is 40.9 Å². The van der Waals surface area contributed by atoms with E-state index >= 15 is 0 Å². The zero-order chi connectivity index (χ0) is 25.0. The van der Waals surface area contributed by atoms with Crippen LogP contribution >= 0.6 is 12.2 Å². The fraction of sp³-hybridized carbons (Fsp3) is 0.524. The van der Waals surface area contributed by atoms with Crippen LogP contribution in [-0.2, 0) is 20.8 Å². The van der Waals surface area contributed by atoms with E-state index in [-0.39, 0.29) is 30.8 Å². The topological polar surface area (TPSA) is 160 Å². The van der Waals surface area contributed by atoms with Crippen LogP contribution in [0.25, 0.3) is 0 Å². The molecule has 184 valence electrons. The van der Waals surface area contributed by atoms with Gasteiger partial charge in [0.1, 0.15) is 0 Å². The minimum atomic E-state index is -1.00. The smallest absolute Gasteiger partial charge is 0.317 e. The van der Waals surface area contributed by atoms with Crippen LogP contribution in [0.4, 0.5) is 5.69 Å². The third-order valence-corrected chi connectivity index (χ3v) is 5.08. The van der Waals surface area contributed by atoms with Crippen LogP contribution in [0.3, 0.4) is 0 Å². The number of likely N-dealkylation sites (N-methyl/N-ethyl adjacent to an activating group) is 1. The zero-order valence-electron chi connectivity index (χ0n) is 18.9. The summed E-state index contributed by atoms with van der Waals surface area (Å²) in [6.45, 7) is 2.80. The molecule has 1 unspecified atom stereocenters. The average Bonchev–Trinajstić information content (AvgIpc) is 2.68. The van der Waals surface area contributed by atoms with Gasteiger partial charge in [0.25, 0.3) is 0 Å². The summed E-state index contributed by atoms with van der Waals surface area (Å²) < 4.78 is 0. The first-order valence-corrected chi connectivity index (χ1v) is 10.8. The molecule has 0 aliphatic carbocycles. The van der Waals surface area contributed by atoms with E-state index in [2.05, 4.69) is 5.32 Å². The lowest BCUT2D eigenvalue weighted by Gasteiger charge is -2.31. The Bertz CT molecular complexity index is 807. The second kappa shape index (κ2) is 14.4. The Hall–Kier alpha value is -2.80. The third-order valence-electron chi connectivity index (χ3n) is 4.98. The maximum Gasteiger partial charge on any atom is 0.317 e. The molecular formula is C21H33N5O6S. The van der Waals surface area contributed by atoms with E-state index in [4.69, 9.17) is 23.1 Å². The van der Waals surface area contributed by atoms with Gasteiger partial charge in [-0.2, -0.15) is 0 Å². The molecule has 0 heterocycles. The summed E-state index contributed by atoms with van der Waals surface area (Å²) in [7, 11) is 1.65. The van der Waals surface area contributed by atoms with Crippen molar-refractivity contribution in [3.05, 3.63) is 29.8 Å². The summed E-state index contributed by atoms with van der Waals surface area (Å²) in [6.07, 6.45) is 0.598. The Morgan fingerprint density at radius 1 is 0.939 bits per heavy atom. The van der Waals surface area contributed by atoms with Gasteiger partial charge in [-0.3, -0.25) is 29.1 Å². The minimum absolute atomic E-state index is 0.114. The Morgan fingerprint density at radius 3 is 2.00 bits per heavy atom. The number of nitrogens with one attached hydrogen (secondary N) is 1. The van der Waals surface area contributed by atoms with Crippen molar-refractivity contribution in [2.75, 3.05) is 58.2 Å². The molecule has 12 heteroatoms. The molecule has 0 saturated carbocycles. The predicted octanol–water partition coefficient (Wildman–Crippen LogP) is 0.0627. The lowest BCUT2D eigenvalue weighted by Crippen LogP contribution is -2.46. The molecule has 0 aliphatic heterocycles. The predicted molar refractivity (Wildman–Crippen MR) is 128 cm³/mol. The van der Waals surface area contributed by atoms with E-state index in [1.54, 1.807) is 21.7 Å². The number of carboxylic acids is 3. The van der Waals surface area contributed by atoms with Crippen LogP contribution in [0.15, 0.2) is 24.3 Å². The maximum absolute atomic E-state index is 11.4. The molecule has 0 radical (unpaired) electrons. The fourth-order valence-electron chi connectivity index (χ4n) is 3.32. The molecule has 6 N–H and O–H groups in total. The first-order chi connectivity index (χ1) is 15.5. The highest BCUT2D eigenvalue weighted by atomic mass is 32.1. The number of nitrogens with two attached hydrogens (primary N) is 1. The number of rotatable bonds is 16. The molecule has 33 heavy (non-hydrogen) atoms. The van der Waals surface area contributed by atoms with Crippen LogP contribution in [0.5, 0.6) is 0 Å². The molecule has 0 amide bonds. The molecule has 1 rings (SSSR count). The van der Waals surface area contributed by atoms with E-state index in [1.807, 2.05) is 31.2 Å². The van der Waals surface area contributed by atoms with Gasteiger partial charge in [0.15, 0.2) is 5.11 Å². The summed E-state index contributed by atoms with van der Waals surface area (Å²) in [6, 6.07) is 7.38. The minimum Gasteiger partial charge on any atom is -0.480 e. The second-order valence-electron chi connectivity index (χ2n) is 7.90. The van der Waals surface area contributed by atoms with Gasteiger partial charge in [-0.05, 0) is 50.3 Å².